The van der Waals surface area contributed by atoms with Gasteiger partial charge < -0.3 is 9.88 Å². The van der Waals surface area contributed by atoms with Gasteiger partial charge in [0.15, 0.2) is 11.6 Å². The molecule has 1 aliphatic heterocycles. The van der Waals surface area contributed by atoms with Gasteiger partial charge in [-0.25, -0.2) is 28.0 Å². The smallest absolute Gasteiger partial charge is 0.227 e. The number of halogens is 2. The van der Waals surface area contributed by atoms with Crippen LogP contribution in [0.25, 0.3) is 22.3 Å². The summed E-state index contributed by atoms with van der Waals surface area (Å²) in [6.07, 6.45) is 4.92. The first-order valence-electron chi connectivity index (χ1n) is 12.3. The van der Waals surface area contributed by atoms with Crippen molar-refractivity contribution in [2.24, 2.45) is 0 Å². The Morgan fingerprint density at radius 1 is 1.00 bits per heavy atom. The summed E-state index contributed by atoms with van der Waals surface area (Å²) in [5, 5.41) is 3.09. The monoisotopic (exact) mass is 524 g/mol. The molecule has 0 spiro atoms. The van der Waals surface area contributed by atoms with Crippen LogP contribution in [0.1, 0.15) is 31.4 Å². The Balaban J connectivity index is 1.35. The highest BCUT2D eigenvalue weighted by Gasteiger charge is 2.19. The van der Waals surface area contributed by atoms with Crippen molar-refractivity contribution in [1.82, 2.24) is 33.7 Å². The van der Waals surface area contributed by atoms with Gasteiger partial charge in [0.25, 0.3) is 0 Å². The number of benzene rings is 1. The lowest BCUT2D eigenvalue weighted by Crippen LogP contribution is -2.42. The van der Waals surface area contributed by atoms with Crippen molar-refractivity contribution >= 4 is 34.6 Å². The van der Waals surface area contributed by atoms with E-state index in [1.54, 1.807) is 24.2 Å². The molecular formula is C26H30F2N8S. The molecule has 0 saturated carbocycles. The zero-order valence-electron chi connectivity index (χ0n) is 21.4. The summed E-state index contributed by atoms with van der Waals surface area (Å²) in [6, 6.07) is 6.93. The van der Waals surface area contributed by atoms with Crippen LogP contribution < -0.4 is 5.32 Å². The summed E-state index contributed by atoms with van der Waals surface area (Å²) in [5.74, 6) is -0.248. The SMILES string of the molecule is CSN1CCN(Cc2ccc(Nc3ncc(F)c(-c4cc(F)c5nc(C)n(C(C)C)c5c4)n3)cn2)CC1. The van der Waals surface area contributed by atoms with Crippen molar-refractivity contribution in [3.05, 3.63) is 59.8 Å². The van der Waals surface area contributed by atoms with E-state index in [2.05, 4.69) is 40.7 Å². The number of pyridine rings is 1. The second kappa shape index (κ2) is 10.7. The summed E-state index contributed by atoms with van der Waals surface area (Å²) in [5.41, 5.74) is 2.87. The summed E-state index contributed by atoms with van der Waals surface area (Å²) >= 11 is 1.79. The minimum Gasteiger partial charge on any atom is -0.326 e. The molecule has 0 bridgehead atoms. The summed E-state index contributed by atoms with van der Waals surface area (Å²) < 4.78 is 34.0. The van der Waals surface area contributed by atoms with Crippen molar-refractivity contribution in [2.45, 2.75) is 33.4 Å². The third-order valence-electron chi connectivity index (χ3n) is 6.51. The van der Waals surface area contributed by atoms with Gasteiger partial charge in [0.2, 0.25) is 5.95 Å². The molecule has 11 heteroatoms. The number of nitrogens with one attached hydrogen (secondary N) is 1. The molecule has 1 fully saturated rings. The Kier molecular flexibility index (Phi) is 7.36. The van der Waals surface area contributed by atoms with Gasteiger partial charge in [-0.15, -0.1) is 0 Å². The average Bonchev–Trinajstić information content (AvgIpc) is 3.23. The number of fused-ring (bicyclic) bond motifs is 1. The number of anilines is 2. The Hall–Kier alpha value is -3.15. The number of piperazine rings is 1. The molecule has 0 aliphatic carbocycles. The maximum Gasteiger partial charge on any atom is 0.227 e. The number of aryl methyl sites for hydroxylation is 1. The van der Waals surface area contributed by atoms with Gasteiger partial charge in [-0.05, 0) is 51.3 Å². The lowest BCUT2D eigenvalue weighted by molar-refractivity contribution is 0.188. The molecule has 1 saturated heterocycles. The standard InChI is InChI=1S/C26H30F2N8S/c1-16(2)36-17(3)31-25-21(27)11-18(12-23(25)36)24-22(28)14-30-26(33-24)32-19-5-6-20(29-13-19)15-34-7-9-35(37-4)10-8-34/h5-6,11-14,16H,7-10,15H2,1-4H3,(H,30,32,33). The van der Waals surface area contributed by atoms with Gasteiger partial charge in [-0.3, -0.25) is 9.88 Å². The van der Waals surface area contributed by atoms with Crippen LogP contribution in [0.2, 0.25) is 0 Å². The zero-order chi connectivity index (χ0) is 26.1. The van der Waals surface area contributed by atoms with E-state index in [4.69, 9.17) is 0 Å². The highest BCUT2D eigenvalue weighted by Crippen LogP contribution is 2.30. The molecule has 0 amide bonds. The predicted octanol–water partition coefficient (Wildman–Crippen LogP) is 5.20. The highest BCUT2D eigenvalue weighted by atomic mass is 32.2. The molecule has 8 nitrogen and oxygen atoms in total. The Morgan fingerprint density at radius 3 is 2.46 bits per heavy atom. The van der Waals surface area contributed by atoms with Gasteiger partial charge in [0.05, 0.1) is 29.3 Å². The van der Waals surface area contributed by atoms with E-state index in [1.807, 2.05) is 37.5 Å². The predicted molar refractivity (Wildman–Crippen MR) is 144 cm³/mol. The topological polar surface area (TPSA) is 75.0 Å². The van der Waals surface area contributed by atoms with Crippen LogP contribution in [-0.4, -0.2) is 66.1 Å². The molecular weight excluding hydrogens is 494 g/mol. The number of rotatable bonds is 7. The van der Waals surface area contributed by atoms with Crippen LogP contribution >= 0.6 is 11.9 Å². The van der Waals surface area contributed by atoms with E-state index in [0.29, 0.717) is 22.6 Å². The third kappa shape index (κ3) is 5.43. The maximum absolute atomic E-state index is 14.9. The Morgan fingerprint density at radius 2 is 1.78 bits per heavy atom. The summed E-state index contributed by atoms with van der Waals surface area (Å²) in [7, 11) is 0. The van der Waals surface area contributed by atoms with E-state index in [1.165, 1.54) is 6.07 Å². The molecule has 0 atom stereocenters. The van der Waals surface area contributed by atoms with E-state index < -0.39 is 11.6 Å². The van der Waals surface area contributed by atoms with Crippen molar-refractivity contribution in [1.29, 1.82) is 0 Å². The van der Waals surface area contributed by atoms with Crippen LogP contribution in [0.15, 0.2) is 36.7 Å². The van der Waals surface area contributed by atoms with Crippen LogP contribution in [0.3, 0.4) is 0 Å². The van der Waals surface area contributed by atoms with Gasteiger partial charge in [-0.2, -0.15) is 0 Å². The second-order valence-electron chi connectivity index (χ2n) is 9.39. The van der Waals surface area contributed by atoms with E-state index >= 15 is 0 Å². The van der Waals surface area contributed by atoms with Gasteiger partial charge in [0.1, 0.15) is 17.0 Å². The lowest BCUT2D eigenvalue weighted by Gasteiger charge is -2.32. The van der Waals surface area contributed by atoms with Gasteiger partial charge in [-0.1, -0.05) is 11.9 Å². The fourth-order valence-electron chi connectivity index (χ4n) is 4.71. The molecule has 5 rings (SSSR count). The highest BCUT2D eigenvalue weighted by molar-refractivity contribution is 7.96. The minimum atomic E-state index is -0.633. The Labute approximate surface area is 219 Å². The summed E-state index contributed by atoms with van der Waals surface area (Å²) in [6.45, 7) is 10.7. The molecule has 1 aromatic carbocycles. The molecule has 3 aromatic heterocycles. The lowest BCUT2D eigenvalue weighted by atomic mass is 10.1. The van der Waals surface area contributed by atoms with Crippen LogP contribution in [0.4, 0.5) is 20.4 Å². The molecule has 0 radical (unpaired) electrons. The number of aromatic nitrogens is 5. The fourth-order valence-corrected chi connectivity index (χ4v) is 5.24. The number of hydrogen-bond acceptors (Lipinski definition) is 8. The van der Waals surface area contributed by atoms with Crippen LogP contribution in [-0.2, 0) is 6.54 Å². The normalized spacial score (nSPS) is 15.1. The first kappa shape index (κ1) is 25.5. The number of nitrogens with zero attached hydrogens (tertiary/aromatic N) is 7. The number of hydrogen-bond donors (Lipinski definition) is 1. The minimum absolute atomic E-state index is 0.0152. The maximum atomic E-state index is 14.9. The van der Waals surface area contributed by atoms with Gasteiger partial charge >= 0.3 is 0 Å². The van der Waals surface area contributed by atoms with Crippen LogP contribution in [0, 0.1) is 18.6 Å². The fraction of sp³-hybridized carbons (Fsp3) is 0.385. The van der Waals surface area contributed by atoms with Crippen molar-refractivity contribution < 1.29 is 8.78 Å². The van der Waals surface area contributed by atoms with Crippen molar-refractivity contribution in [2.75, 3.05) is 37.8 Å². The quantitative estimate of drug-likeness (QED) is 0.331. The van der Waals surface area contributed by atoms with E-state index in [-0.39, 0.29) is 23.2 Å². The molecule has 37 heavy (non-hydrogen) atoms. The first-order valence-corrected chi connectivity index (χ1v) is 13.4. The Bertz CT molecular complexity index is 1400. The van der Waals surface area contributed by atoms with Gasteiger partial charge in [0, 0.05) is 44.3 Å². The summed E-state index contributed by atoms with van der Waals surface area (Å²) in [4.78, 5) is 19.7. The molecule has 1 aliphatic rings. The molecule has 4 aromatic rings. The van der Waals surface area contributed by atoms with E-state index in [9.17, 15) is 8.78 Å². The largest absolute Gasteiger partial charge is 0.326 e. The second-order valence-corrected chi connectivity index (χ2v) is 10.3. The third-order valence-corrected chi connectivity index (χ3v) is 7.40. The average molecular weight is 525 g/mol. The molecule has 0 unspecified atom stereocenters. The van der Waals surface area contributed by atoms with E-state index in [0.717, 1.165) is 44.6 Å². The van der Waals surface area contributed by atoms with Crippen molar-refractivity contribution in [3.63, 3.8) is 0 Å². The molecule has 4 heterocycles. The number of imidazole rings is 1. The zero-order valence-corrected chi connectivity index (χ0v) is 22.2. The van der Waals surface area contributed by atoms with Crippen molar-refractivity contribution in [3.8, 4) is 11.3 Å². The van der Waals surface area contributed by atoms with Crippen LogP contribution in [0.5, 0.6) is 0 Å². The molecule has 1 N–H and O–H groups in total. The first-order chi connectivity index (χ1) is 17.8. The molecule has 194 valence electrons.